The Morgan fingerprint density at radius 2 is 2.05 bits per heavy atom. The van der Waals surface area contributed by atoms with E-state index in [0.29, 0.717) is 11.0 Å². The number of piperidine rings is 1. The Kier molecular flexibility index (Phi) is 4.55. The summed E-state index contributed by atoms with van der Waals surface area (Å²) < 4.78 is 28.4. The molecule has 0 atom stereocenters. The van der Waals surface area contributed by atoms with Crippen molar-refractivity contribution in [2.75, 3.05) is 43.6 Å². The third-order valence-corrected chi connectivity index (χ3v) is 6.77. The number of nitrogens with two attached hydrogens (primary N) is 1. The van der Waals surface area contributed by atoms with Gasteiger partial charge in [0.05, 0.1) is 5.75 Å². The normalized spacial score (nSPS) is 18.4. The second-order valence-electron chi connectivity index (χ2n) is 5.25. The summed E-state index contributed by atoms with van der Waals surface area (Å²) in [6, 6.07) is 0.344. The fraction of sp³-hybridized carbons (Fsp3) is 0.750. The number of nitrogen functional groups attached to an aromatic ring is 1. The van der Waals surface area contributed by atoms with Gasteiger partial charge < -0.3 is 15.5 Å². The van der Waals surface area contributed by atoms with Crippen LogP contribution in [0.15, 0.2) is 4.90 Å². The Morgan fingerprint density at radius 3 is 2.60 bits per heavy atom. The number of hydrogen-bond donors (Lipinski definition) is 1. The molecule has 2 heterocycles. The maximum absolute atomic E-state index is 12.2. The van der Waals surface area contributed by atoms with Crippen molar-refractivity contribution in [3.05, 3.63) is 0 Å². The van der Waals surface area contributed by atoms with Crippen LogP contribution in [0.1, 0.15) is 19.8 Å². The molecule has 1 aromatic rings. The van der Waals surface area contributed by atoms with Crippen LogP contribution in [-0.2, 0) is 9.84 Å². The molecule has 0 radical (unpaired) electrons. The molecule has 1 fully saturated rings. The van der Waals surface area contributed by atoms with Gasteiger partial charge in [-0.15, -0.1) is 0 Å². The van der Waals surface area contributed by atoms with Crippen molar-refractivity contribution in [1.29, 1.82) is 0 Å². The fourth-order valence-electron chi connectivity index (χ4n) is 2.49. The van der Waals surface area contributed by atoms with E-state index in [9.17, 15) is 8.42 Å². The lowest BCUT2D eigenvalue weighted by molar-refractivity contribution is 0.253. The summed E-state index contributed by atoms with van der Waals surface area (Å²) >= 11 is 1.18. The molecule has 1 aliphatic rings. The van der Waals surface area contributed by atoms with E-state index in [2.05, 4.69) is 16.3 Å². The first-order valence-corrected chi connectivity index (χ1v) is 9.18. The first kappa shape index (κ1) is 15.5. The topological polar surface area (TPSA) is 79.5 Å². The highest BCUT2D eigenvalue weighted by Gasteiger charge is 2.30. The molecule has 1 aromatic heterocycles. The van der Waals surface area contributed by atoms with Gasteiger partial charge in [0, 0.05) is 13.1 Å². The van der Waals surface area contributed by atoms with Gasteiger partial charge in [0.25, 0.3) is 0 Å². The SMILES string of the molecule is CCS(=O)(=O)c1c(N)nsc1N(C)C1CCN(C)CC1. The first-order valence-electron chi connectivity index (χ1n) is 6.76. The maximum atomic E-state index is 12.2. The molecule has 1 saturated heterocycles. The molecule has 2 N–H and O–H groups in total. The lowest BCUT2D eigenvalue weighted by atomic mass is 10.0. The Balaban J connectivity index is 2.29. The molecular weight excluding hydrogens is 296 g/mol. The summed E-state index contributed by atoms with van der Waals surface area (Å²) in [6.45, 7) is 3.68. The second kappa shape index (κ2) is 5.87. The van der Waals surface area contributed by atoms with Crippen LogP contribution in [0.2, 0.25) is 0 Å². The molecule has 0 unspecified atom stereocenters. The number of hydrogen-bond acceptors (Lipinski definition) is 7. The quantitative estimate of drug-likeness (QED) is 0.894. The molecule has 8 heteroatoms. The molecule has 0 amide bonds. The molecule has 2 rings (SSSR count). The minimum atomic E-state index is -3.34. The van der Waals surface area contributed by atoms with E-state index < -0.39 is 9.84 Å². The monoisotopic (exact) mass is 318 g/mol. The van der Waals surface area contributed by atoms with Crippen LogP contribution in [0.25, 0.3) is 0 Å². The predicted octanol–water partition coefficient (Wildman–Crippen LogP) is 1.05. The van der Waals surface area contributed by atoms with Crippen molar-refractivity contribution in [2.24, 2.45) is 0 Å². The summed E-state index contributed by atoms with van der Waals surface area (Å²) in [5.74, 6) is 0.177. The van der Waals surface area contributed by atoms with Crippen molar-refractivity contribution in [2.45, 2.75) is 30.7 Å². The van der Waals surface area contributed by atoms with Crippen LogP contribution in [-0.4, -0.2) is 56.7 Å². The lowest BCUT2D eigenvalue weighted by Gasteiger charge is -2.35. The zero-order chi connectivity index (χ0) is 14.9. The number of likely N-dealkylation sites (tertiary alicyclic amines) is 1. The van der Waals surface area contributed by atoms with Crippen LogP contribution in [0.4, 0.5) is 10.8 Å². The van der Waals surface area contributed by atoms with Gasteiger partial charge in [-0.2, -0.15) is 4.37 Å². The Bertz CT molecular complexity index is 562. The van der Waals surface area contributed by atoms with Crippen molar-refractivity contribution in [1.82, 2.24) is 9.27 Å². The Hall–Kier alpha value is -0.860. The molecule has 1 aliphatic heterocycles. The second-order valence-corrected chi connectivity index (χ2v) is 8.22. The predicted molar refractivity (Wildman–Crippen MR) is 83.2 cm³/mol. The molecule has 0 spiro atoms. The van der Waals surface area contributed by atoms with Crippen LogP contribution in [0, 0.1) is 0 Å². The largest absolute Gasteiger partial charge is 0.382 e. The molecule has 6 nitrogen and oxygen atoms in total. The minimum absolute atomic E-state index is 0.0455. The molecule has 0 aliphatic carbocycles. The van der Waals surface area contributed by atoms with E-state index in [0.717, 1.165) is 25.9 Å². The molecule has 0 bridgehead atoms. The van der Waals surface area contributed by atoms with Crippen LogP contribution >= 0.6 is 11.5 Å². The van der Waals surface area contributed by atoms with E-state index in [-0.39, 0.29) is 16.5 Å². The third kappa shape index (κ3) is 2.91. The van der Waals surface area contributed by atoms with Gasteiger partial charge in [0.1, 0.15) is 9.90 Å². The summed E-state index contributed by atoms with van der Waals surface area (Å²) in [7, 11) is 0.707. The van der Waals surface area contributed by atoms with Gasteiger partial charge in [-0.05, 0) is 44.5 Å². The van der Waals surface area contributed by atoms with Crippen LogP contribution in [0.3, 0.4) is 0 Å². The van der Waals surface area contributed by atoms with Gasteiger partial charge in [-0.3, -0.25) is 0 Å². The average Bonchev–Trinajstić information content (AvgIpc) is 2.81. The van der Waals surface area contributed by atoms with E-state index in [1.807, 2.05) is 11.9 Å². The van der Waals surface area contributed by atoms with Gasteiger partial charge >= 0.3 is 0 Å². The lowest BCUT2D eigenvalue weighted by Crippen LogP contribution is -2.42. The first-order chi connectivity index (χ1) is 9.36. The van der Waals surface area contributed by atoms with E-state index in [1.165, 1.54) is 11.5 Å². The van der Waals surface area contributed by atoms with Crippen molar-refractivity contribution >= 4 is 32.2 Å². The average molecular weight is 318 g/mol. The molecule has 114 valence electrons. The molecule has 20 heavy (non-hydrogen) atoms. The van der Waals surface area contributed by atoms with Gasteiger partial charge in [-0.1, -0.05) is 6.92 Å². The number of aromatic nitrogens is 1. The van der Waals surface area contributed by atoms with Gasteiger partial charge in [0.2, 0.25) is 0 Å². The summed E-state index contributed by atoms with van der Waals surface area (Å²) in [5, 5.41) is 0.680. The fourth-order valence-corrected chi connectivity index (χ4v) is 4.85. The smallest absolute Gasteiger partial charge is 0.184 e. The summed E-state index contributed by atoms with van der Waals surface area (Å²) in [4.78, 5) is 4.55. The zero-order valence-corrected chi connectivity index (χ0v) is 13.8. The number of nitrogens with zero attached hydrogens (tertiary/aromatic N) is 3. The molecule has 0 aromatic carbocycles. The highest BCUT2D eigenvalue weighted by atomic mass is 32.2. The molecule has 0 saturated carbocycles. The number of sulfone groups is 1. The van der Waals surface area contributed by atoms with E-state index >= 15 is 0 Å². The van der Waals surface area contributed by atoms with Crippen LogP contribution < -0.4 is 10.6 Å². The van der Waals surface area contributed by atoms with Crippen molar-refractivity contribution < 1.29 is 8.42 Å². The van der Waals surface area contributed by atoms with Gasteiger partial charge in [-0.25, -0.2) is 8.42 Å². The number of anilines is 2. The van der Waals surface area contributed by atoms with Crippen molar-refractivity contribution in [3.63, 3.8) is 0 Å². The standard InChI is InChI=1S/C12H22N4O2S2/c1-4-20(17,18)10-11(13)14-19-12(10)16(3)9-5-7-15(2)8-6-9/h9H,4-8H2,1-3H3,(H2,13,14). The van der Waals surface area contributed by atoms with E-state index in [4.69, 9.17) is 5.73 Å². The Morgan fingerprint density at radius 1 is 1.45 bits per heavy atom. The zero-order valence-electron chi connectivity index (χ0n) is 12.2. The summed E-state index contributed by atoms with van der Waals surface area (Å²) in [6.07, 6.45) is 2.05. The van der Waals surface area contributed by atoms with E-state index in [1.54, 1.807) is 6.92 Å². The third-order valence-electron chi connectivity index (χ3n) is 3.90. The van der Waals surface area contributed by atoms with Crippen molar-refractivity contribution in [3.8, 4) is 0 Å². The summed E-state index contributed by atoms with van der Waals surface area (Å²) in [5.41, 5.74) is 5.78. The number of rotatable bonds is 4. The molecular formula is C12H22N4O2S2. The Labute approximate surface area is 124 Å². The highest BCUT2D eigenvalue weighted by Crippen LogP contribution is 2.36. The minimum Gasteiger partial charge on any atom is -0.382 e. The van der Waals surface area contributed by atoms with Crippen LogP contribution in [0.5, 0.6) is 0 Å². The van der Waals surface area contributed by atoms with Gasteiger partial charge in [0.15, 0.2) is 15.7 Å². The maximum Gasteiger partial charge on any atom is 0.184 e. The highest BCUT2D eigenvalue weighted by molar-refractivity contribution is 7.91.